The molecule has 1 aliphatic heterocycles. The van der Waals surface area contributed by atoms with Gasteiger partial charge in [0.2, 0.25) is 0 Å². The molecule has 0 saturated carbocycles. The third-order valence-electron chi connectivity index (χ3n) is 2.71. The van der Waals surface area contributed by atoms with Gasteiger partial charge in [0, 0.05) is 11.1 Å². The number of aliphatic hydroxyl groups is 1. The SMILES string of the molecule is OC(c1cc(F)cc(Cl)c1)C1CCCN1. The Kier molecular flexibility index (Phi) is 3.24. The summed E-state index contributed by atoms with van der Waals surface area (Å²) in [5.41, 5.74) is 0.541. The second kappa shape index (κ2) is 4.47. The van der Waals surface area contributed by atoms with Gasteiger partial charge in [-0.05, 0) is 43.1 Å². The number of hydrogen-bond donors (Lipinski definition) is 2. The smallest absolute Gasteiger partial charge is 0.125 e. The molecule has 4 heteroatoms. The molecule has 0 aliphatic carbocycles. The Morgan fingerprint density at radius 2 is 2.27 bits per heavy atom. The first-order chi connectivity index (χ1) is 7.16. The van der Waals surface area contributed by atoms with Crippen LogP contribution in [0.1, 0.15) is 24.5 Å². The van der Waals surface area contributed by atoms with E-state index in [0.717, 1.165) is 19.4 Å². The Morgan fingerprint density at radius 3 is 2.87 bits per heavy atom. The van der Waals surface area contributed by atoms with Crippen LogP contribution >= 0.6 is 11.6 Å². The summed E-state index contributed by atoms with van der Waals surface area (Å²) in [7, 11) is 0. The maximum absolute atomic E-state index is 13.1. The van der Waals surface area contributed by atoms with Crippen LogP contribution in [0.25, 0.3) is 0 Å². The van der Waals surface area contributed by atoms with E-state index in [4.69, 9.17) is 11.6 Å². The van der Waals surface area contributed by atoms with E-state index in [1.54, 1.807) is 6.07 Å². The molecule has 0 bridgehead atoms. The van der Waals surface area contributed by atoms with Gasteiger partial charge in [-0.25, -0.2) is 4.39 Å². The van der Waals surface area contributed by atoms with Crippen molar-refractivity contribution < 1.29 is 9.50 Å². The molecule has 2 nitrogen and oxygen atoms in total. The van der Waals surface area contributed by atoms with E-state index in [1.165, 1.54) is 12.1 Å². The Balaban J connectivity index is 2.20. The average Bonchev–Trinajstić information content (AvgIpc) is 2.67. The molecular formula is C11H13ClFNO. The molecule has 1 aromatic rings. The zero-order valence-electron chi connectivity index (χ0n) is 8.21. The summed E-state index contributed by atoms with van der Waals surface area (Å²) in [5.74, 6) is -0.408. The maximum Gasteiger partial charge on any atom is 0.125 e. The van der Waals surface area contributed by atoms with Crippen molar-refractivity contribution in [3.8, 4) is 0 Å². The molecule has 1 aliphatic rings. The highest BCUT2D eigenvalue weighted by atomic mass is 35.5. The Bertz CT molecular complexity index is 332. The Hall–Kier alpha value is -0.640. The lowest BCUT2D eigenvalue weighted by molar-refractivity contribution is 0.137. The van der Waals surface area contributed by atoms with Crippen LogP contribution in [-0.4, -0.2) is 17.7 Å². The summed E-state index contributed by atoms with van der Waals surface area (Å²) in [6.07, 6.45) is 1.28. The number of aliphatic hydroxyl groups excluding tert-OH is 1. The van der Waals surface area contributed by atoms with Crippen LogP contribution in [0.15, 0.2) is 18.2 Å². The van der Waals surface area contributed by atoms with Crippen molar-refractivity contribution in [1.29, 1.82) is 0 Å². The lowest BCUT2D eigenvalue weighted by Gasteiger charge is -2.18. The van der Waals surface area contributed by atoms with E-state index in [1.807, 2.05) is 0 Å². The molecule has 2 N–H and O–H groups in total. The van der Waals surface area contributed by atoms with Crippen LogP contribution in [0.3, 0.4) is 0 Å². The number of rotatable bonds is 2. The van der Waals surface area contributed by atoms with Crippen LogP contribution in [0.5, 0.6) is 0 Å². The van der Waals surface area contributed by atoms with Crippen LogP contribution in [0.4, 0.5) is 4.39 Å². The minimum absolute atomic E-state index is 0.0165. The van der Waals surface area contributed by atoms with Crippen molar-refractivity contribution in [2.45, 2.75) is 25.0 Å². The summed E-state index contributed by atoms with van der Waals surface area (Å²) in [4.78, 5) is 0. The fourth-order valence-electron chi connectivity index (χ4n) is 1.96. The molecule has 2 rings (SSSR count). The van der Waals surface area contributed by atoms with Gasteiger partial charge in [-0.1, -0.05) is 11.6 Å². The Labute approximate surface area is 93.1 Å². The van der Waals surface area contributed by atoms with Gasteiger partial charge in [0.25, 0.3) is 0 Å². The fraction of sp³-hybridized carbons (Fsp3) is 0.455. The van der Waals surface area contributed by atoms with Crippen molar-refractivity contribution in [3.05, 3.63) is 34.6 Å². The van der Waals surface area contributed by atoms with E-state index < -0.39 is 11.9 Å². The largest absolute Gasteiger partial charge is 0.387 e. The molecule has 1 saturated heterocycles. The summed E-state index contributed by atoms with van der Waals surface area (Å²) >= 11 is 5.73. The van der Waals surface area contributed by atoms with Crippen molar-refractivity contribution in [3.63, 3.8) is 0 Å². The molecule has 0 spiro atoms. The fourth-order valence-corrected chi connectivity index (χ4v) is 2.19. The van der Waals surface area contributed by atoms with Crippen molar-refractivity contribution in [1.82, 2.24) is 5.32 Å². The highest BCUT2D eigenvalue weighted by Crippen LogP contribution is 2.25. The van der Waals surface area contributed by atoms with E-state index in [2.05, 4.69) is 5.32 Å². The molecule has 0 aromatic heterocycles. The number of benzene rings is 1. The third-order valence-corrected chi connectivity index (χ3v) is 2.92. The molecule has 1 fully saturated rings. The quantitative estimate of drug-likeness (QED) is 0.816. The second-order valence-corrected chi connectivity index (χ2v) is 4.29. The summed E-state index contributed by atoms with van der Waals surface area (Å²) in [6, 6.07) is 4.19. The molecule has 0 amide bonds. The molecule has 2 unspecified atom stereocenters. The van der Waals surface area contributed by atoms with Gasteiger partial charge in [0.05, 0.1) is 6.10 Å². The zero-order chi connectivity index (χ0) is 10.8. The van der Waals surface area contributed by atoms with E-state index in [0.29, 0.717) is 10.6 Å². The highest BCUT2D eigenvalue weighted by Gasteiger charge is 2.24. The first-order valence-electron chi connectivity index (χ1n) is 5.04. The van der Waals surface area contributed by atoms with Gasteiger partial charge in [-0.3, -0.25) is 0 Å². The van der Waals surface area contributed by atoms with Gasteiger partial charge in [-0.2, -0.15) is 0 Å². The normalized spacial score (nSPS) is 23.0. The molecule has 1 aromatic carbocycles. The van der Waals surface area contributed by atoms with Crippen molar-refractivity contribution in [2.75, 3.05) is 6.54 Å². The van der Waals surface area contributed by atoms with Gasteiger partial charge in [-0.15, -0.1) is 0 Å². The van der Waals surface area contributed by atoms with Crippen LogP contribution in [0, 0.1) is 5.82 Å². The molecule has 1 heterocycles. The van der Waals surface area contributed by atoms with E-state index >= 15 is 0 Å². The topological polar surface area (TPSA) is 32.3 Å². The average molecular weight is 230 g/mol. The van der Waals surface area contributed by atoms with Crippen LogP contribution in [0.2, 0.25) is 5.02 Å². The molecule has 15 heavy (non-hydrogen) atoms. The minimum atomic E-state index is -0.680. The van der Waals surface area contributed by atoms with Crippen LogP contribution in [-0.2, 0) is 0 Å². The maximum atomic E-state index is 13.1. The first-order valence-corrected chi connectivity index (χ1v) is 5.42. The zero-order valence-corrected chi connectivity index (χ0v) is 8.97. The van der Waals surface area contributed by atoms with Gasteiger partial charge in [0.1, 0.15) is 5.82 Å². The van der Waals surface area contributed by atoms with E-state index in [9.17, 15) is 9.50 Å². The van der Waals surface area contributed by atoms with Crippen molar-refractivity contribution >= 4 is 11.6 Å². The van der Waals surface area contributed by atoms with Gasteiger partial charge < -0.3 is 10.4 Å². The predicted molar refractivity (Wildman–Crippen MR) is 57.4 cm³/mol. The summed E-state index contributed by atoms with van der Waals surface area (Å²) < 4.78 is 13.1. The predicted octanol–water partition coefficient (Wildman–Crippen LogP) is 2.26. The molecular weight excluding hydrogens is 217 g/mol. The van der Waals surface area contributed by atoms with E-state index in [-0.39, 0.29) is 6.04 Å². The minimum Gasteiger partial charge on any atom is -0.387 e. The number of halogens is 2. The van der Waals surface area contributed by atoms with Gasteiger partial charge in [0.15, 0.2) is 0 Å². The lowest BCUT2D eigenvalue weighted by atomic mass is 10.0. The molecule has 0 radical (unpaired) electrons. The summed E-state index contributed by atoms with van der Waals surface area (Å²) in [6.45, 7) is 0.908. The summed E-state index contributed by atoms with van der Waals surface area (Å²) in [5, 5.41) is 13.5. The third kappa shape index (κ3) is 2.48. The number of nitrogens with one attached hydrogen (secondary N) is 1. The lowest BCUT2D eigenvalue weighted by Crippen LogP contribution is -2.28. The molecule has 82 valence electrons. The highest BCUT2D eigenvalue weighted by molar-refractivity contribution is 6.30. The molecule has 2 atom stereocenters. The van der Waals surface area contributed by atoms with Crippen molar-refractivity contribution in [2.24, 2.45) is 0 Å². The Morgan fingerprint density at radius 1 is 1.47 bits per heavy atom. The standard InChI is InChI=1S/C11H13ClFNO/c12-8-4-7(5-9(13)6-8)11(15)10-2-1-3-14-10/h4-6,10-11,14-15H,1-3H2. The van der Waals surface area contributed by atoms with Gasteiger partial charge >= 0.3 is 0 Å². The number of hydrogen-bond acceptors (Lipinski definition) is 2. The van der Waals surface area contributed by atoms with Crippen LogP contribution < -0.4 is 5.32 Å². The monoisotopic (exact) mass is 229 g/mol. The first kappa shape index (κ1) is 10.9. The second-order valence-electron chi connectivity index (χ2n) is 3.85.